The Bertz CT molecular complexity index is 920. The molecule has 0 spiro atoms. The molecule has 126 valence electrons. The molecule has 0 radical (unpaired) electrons. The molecule has 4 nitrogen and oxygen atoms in total. The first kappa shape index (κ1) is 17.8. The van der Waals surface area contributed by atoms with E-state index in [9.17, 15) is 13.5 Å². The Balaban J connectivity index is 1.69. The minimum absolute atomic E-state index is 0.0761. The summed E-state index contributed by atoms with van der Waals surface area (Å²) in [5, 5.41) is 14.3. The molecular weight excluding hydrogens is 430 g/mol. The summed E-state index contributed by atoms with van der Waals surface area (Å²) in [7, 11) is -3.68. The van der Waals surface area contributed by atoms with Crippen LogP contribution in [0.3, 0.4) is 0 Å². The van der Waals surface area contributed by atoms with Gasteiger partial charge in [0.05, 0.1) is 4.90 Å². The van der Waals surface area contributed by atoms with Gasteiger partial charge in [0, 0.05) is 26.3 Å². The van der Waals surface area contributed by atoms with Crippen LogP contribution in [0.25, 0.3) is 10.4 Å². The van der Waals surface area contributed by atoms with E-state index in [1.807, 2.05) is 29.0 Å². The van der Waals surface area contributed by atoms with Crippen molar-refractivity contribution in [2.24, 2.45) is 0 Å². The standard InChI is InChI=1S/C16H14BrNO3S3/c17-12-3-1-2-4-16(12)24(20,21)18-9-13(19)15-6-5-14(23-15)11-7-8-22-10-11/h1-8,10,13,18-19H,9H2. The summed E-state index contributed by atoms with van der Waals surface area (Å²) in [6.45, 7) is -0.0761. The fourth-order valence-electron chi connectivity index (χ4n) is 2.12. The van der Waals surface area contributed by atoms with Gasteiger partial charge in [0.25, 0.3) is 0 Å². The third kappa shape index (κ3) is 3.96. The maximum Gasteiger partial charge on any atom is 0.241 e. The van der Waals surface area contributed by atoms with Crippen LogP contribution in [0.1, 0.15) is 11.0 Å². The number of nitrogens with one attached hydrogen (secondary N) is 1. The minimum atomic E-state index is -3.68. The van der Waals surface area contributed by atoms with Crippen molar-refractivity contribution in [1.29, 1.82) is 0 Å². The summed E-state index contributed by atoms with van der Waals surface area (Å²) in [5.41, 5.74) is 1.11. The molecular formula is C16H14BrNO3S3. The van der Waals surface area contributed by atoms with Gasteiger partial charge in [0.1, 0.15) is 6.10 Å². The average molecular weight is 444 g/mol. The van der Waals surface area contributed by atoms with E-state index in [0.29, 0.717) is 4.47 Å². The molecule has 0 amide bonds. The fourth-order valence-corrected chi connectivity index (χ4v) is 5.88. The van der Waals surface area contributed by atoms with Crippen LogP contribution in [0.4, 0.5) is 0 Å². The molecule has 3 rings (SSSR count). The lowest BCUT2D eigenvalue weighted by molar-refractivity contribution is 0.186. The second kappa shape index (κ2) is 7.47. The molecule has 1 aromatic carbocycles. The molecule has 0 bridgehead atoms. The van der Waals surface area contributed by atoms with Crippen molar-refractivity contribution in [1.82, 2.24) is 4.72 Å². The van der Waals surface area contributed by atoms with Crippen molar-refractivity contribution in [3.8, 4) is 10.4 Å². The molecule has 1 atom stereocenters. The average Bonchev–Trinajstić information content (AvgIpc) is 3.23. The zero-order valence-corrected chi connectivity index (χ0v) is 16.4. The summed E-state index contributed by atoms with van der Waals surface area (Å²) >= 11 is 6.30. The van der Waals surface area contributed by atoms with Crippen molar-refractivity contribution in [2.75, 3.05) is 6.54 Å². The fraction of sp³-hybridized carbons (Fsp3) is 0.125. The normalized spacial score (nSPS) is 13.1. The first-order valence-electron chi connectivity index (χ1n) is 7.02. The topological polar surface area (TPSA) is 66.4 Å². The molecule has 0 aliphatic rings. The molecule has 2 heterocycles. The van der Waals surface area contributed by atoms with Gasteiger partial charge < -0.3 is 5.11 Å². The highest BCUT2D eigenvalue weighted by Gasteiger charge is 2.20. The molecule has 0 saturated carbocycles. The van der Waals surface area contributed by atoms with E-state index in [4.69, 9.17) is 0 Å². The summed E-state index contributed by atoms with van der Waals surface area (Å²) in [6, 6.07) is 12.4. The molecule has 0 aliphatic heterocycles. The molecule has 0 fully saturated rings. The van der Waals surface area contributed by atoms with Crippen LogP contribution in [-0.4, -0.2) is 20.1 Å². The maximum absolute atomic E-state index is 12.3. The molecule has 2 N–H and O–H groups in total. The van der Waals surface area contributed by atoms with Gasteiger partial charge in [-0.1, -0.05) is 12.1 Å². The lowest BCUT2D eigenvalue weighted by Crippen LogP contribution is -2.28. The van der Waals surface area contributed by atoms with Gasteiger partial charge in [-0.25, -0.2) is 13.1 Å². The summed E-state index contributed by atoms with van der Waals surface area (Å²) in [5.74, 6) is 0. The van der Waals surface area contributed by atoms with Gasteiger partial charge >= 0.3 is 0 Å². The molecule has 0 aliphatic carbocycles. The van der Waals surface area contributed by atoms with Crippen LogP contribution in [0.5, 0.6) is 0 Å². The molecule has 0 saturated heterocycles. The Labute approximate surface area is 157 Å². The van der Waals surface area contributed by atoms with Crippen molar-refractivity contribution in [2.45, 2.75) is 11.0 Å². The Morgan fingerprint density at radius 3 is 2.67 bits per heavy atom. The van der Waals surface area contributed by atoms with E-state index >= 15 is 0 Å². The van der Waals surface area contributed by atoms with Crippen molar-refractivity contribution >= 4 is 48.6 Å². The van der Waals surface area contributed by atoms with Gasteiger partial charge in [-0.15, -0.1) is 11.3 Å². The van der Waals surface area contributed by atoms with Crippen LogP contribution in [0, 0.1) is 0 Å². The molecule has 3 aromatic rings. The van der Waals surface area contributed by atoms with Crippen LogP contribution < -0.4 is 4.72 Å². The lowest BCUT2D eigenvalue weighted by atomic mass is 10.2. The molecule has 24 heavy (non-hydrogen) atoms. The predicted molar refractivity (Wildman–Crippen MR) is 102 cm³/mol. The highest BCUT2D eigenvalue weighted by Crippen LogP contribution is 2.32. The van der Waals surface area contributed by atoms with Gasteiger partial charge in [0.2, 0.25) is 10.0 Å². The van der Waals surface area contributed by atoms with E-state index in [1.54, 1.807) is 29.5 Å². The lowest BCUT2D eigenvalue weighted by Gasteiger charge is -2.11. The maximum atomic E-state index is 12.3. The Hall–Kier alpha value is -1.03. The molecule has 8 heteroatoms. The zero-order chi connectivity index (χ0) is 17.2. The number of benzene rings is 1. The van der Waals surface area contributed by atoms with E-state index in [1.165, 1.54) is 17.4 Å². The van der Waals surface area contributed by atoms with Gasteiger partial charge in [-0.05, 0) is 57.0 Å². The summed E-state index contributed by atoms with van der Waals surface area (Å²) in [4.78, 5) is 1.94. The quantitative estimate of drug-likeness (QED) is 0.598. The van der Waals surface area contributed by atoms with Crippen molar-refractivity contribution in [3.05, 3.63) is 62.6 Å². The molecule has 2 aromatic heterocycles. The van der Waals surface area contributed by atoms with Gasteiger partial charge in [-0.3, -0.25) is 0 Å². The number of aliphatic hydroxyl groups excluding tert-OH is 1. The van der Waals surface area contributed by atoms with Crippen molar-refractivity contribution < 1.29 is 13.5 Å². The first-order chi connectivity index (χ1) is 11.5. The third-order valence-corrected chi connectivity index (χ3v) is 7.71. The number of hydrogen-bond acceptors (Lipinski definition) is 5. The second-order valence-electron chi connectivity index (χ2n) is 5.01. The van der Waals surface area contributed by atoms with Gasteiger partial charge in [0.15, 0.2) is 0 Å². The van der Waals surface area contributed by atoms with E-state index in [-0.39, 0.29) is 11.4 Å². The third-order valence-electron chi connectivity index (χ3n) is 3.35. The minimum Gasteiger partial charge on any atom is -0.386 e. The highest BCUT2D eigenvalue weighted by atomic mass is 79.9. The highest BCUT2D eigenvalue weighted by molar-refractivity contribution is 9.10. The monoisotopic (exact) mass is 443 g/mol. The van der Waals surface area contributed by atoms with Crippen LogP contribution >= 0.6 is 38.6 Å². The number of aliphatic hydroxyl groups is 1. The number of sulfonamides is 1. The summed E-state index contributed by atoms with van der Waals surface area (Å²) in [6.07, 6.45) is -0.889. The zero-order valence-electron chi connectivity index (χ0n) is 12.3. The largest absolute Gasteiger partial charge is 0.386 e. The van der Waals surface area contributed by atoms with E-state index < -0.39 is 16.1 Å². The second-order valence-corrected chi connectivity index (χ2v) is 9.50. The van der Waals surface area contributed by atoms with E-state index in [2.05, 4.69) is 20.7 Å². The van der Waals surface area contributed by atoms with Crippen LogP contribution in [0.2, 0.25) is 0 Å². The number of rotatable bonds is 6. The number of hydrogen-bond donors (Lipinski definition) is 2. The Morgan fingerprint density at radius 2 is 1.96 bits per heavy atom. The Kier molecular flexibility index (Phi) is 5.53. The van der Waals surface area contributed by atoms with Crippen molar-refractivity contribution in [3.63, 3.8) is 0 Å². The number of thiophene rings is 2. The Morgan fingerprint density at radius 1 is 1.17 bits per heavy atom. The van der Waals surface area contributed by atoms with Gasteiger partial charge in [-0.2, -0.15) is 11.3 Å². The van der Waals surface area contributed by atoms with Crippen LogP contribution in [-0.2, 0) is 10.0 Å². The number of halogens is 1. The SMILES string of the molecule is O=S(=O)(NCC(O)c1ccc(-c2ccsc2)s1)c1ccccc1Br. The first-order valence-corrected chi connectivity index (χ1v) is 11.1. The van der Waals surface area contributed by atoms with E-state index in [0.717, 1.165) is 15.3 Å². The molecule has 1 unspecified atom stereocenters. The summed E-state index contributed by atoms with van der Waals surface area (Å²) < 4.78 is 27.6. The smallest absolute Gasteiger partial charge is 0.241 e. The predicted octanol–water partition coefficient (Wildman–Crippen LogP) is 4.25. The van der Waals surface area contributed by atoms with Crippen LogP contribution in [0.15, 0.2) is 62.6 Å².